The van der Waals surface area contributed by atoms with Crippen molar-refractivity contribution in [2.24, 2.45) is 0 Å². The summed E-state index contributed by atoms with van der Waals surface area (Å²) >= 11 is 6.22. The summed E-state index contributed by atoms with van der Waals surface area (Å²) < 4.78 is 25.4. The van der Waals surface area contributed by atoms with Gasteiger partial charge >= 0.3 is 0 Å². The van der Waals surface area contributed by atoms with Gasteiger partial charge in [-0.2, -0.15) is 15.1 Å². The molecule has 1 atom stereocenters. The largest absolute Gasteiger partial charge is 0.493 e. The third-order valence-corrected chi connectivity index (χ3v) is 5.62. The molecular formula is C21H22ClN7O4. The SMILES string of the molecule is COc1cc(-n2cnc(Nc3nc(Cl)nc4c3cnn4C3CCOC3)c2)cc(OC)c1OC. The van der Waals surface area contributed by atoms with Gasteiger partial charge in [0.05, 0.1) is 57.4 Å². The van der Waals surface area contributed by atoms with E-state index in [1.165, 1.54) is 0 Å². The predicted molar refractivity (Wildman–Crippen MR) is 121 cm³/mol. The molecule has 4 heterocycles. The van der Waals surface area contributed by atoms with Gasteiger partial charge in [0.25, 0.3) is 0 Å². The maximum absolute atomic E-state index is 6.22. The second kappa shape index (κ2) is 8.75. The number of rotatable bonds is 7. The quantitative estimate of drug-likeness (QED) is 0.405. The Bertz CT molecular complexity index is 1270. The van der Waals surface area contributed by atoms with Gasteiger partial charge in [-0.3, -0.25) is 0 Å². The van der Waals surface area contributed by atoms with Crippen LogP contribution in [-0.4, -0.2) is 63.8 Å². The summed E-state index contributed by atoms with van der Waals surface area (Å²) in [5.74, 6) is 2.69. The zero-order valence-electron chi connectivity index (χ0n) is 18.3. The molecule has 1 aromatic carbocycles. The number of nitrogens with one attached hydrogen (secondary N) is 1. The van der Waals surface area contributed by atoms with E-state index in [2.05, 4.69) is 25.4 Å². The lowest BCUT2D eigenvalue weighted by atomic mass is 10.2. The van der Waals surface area contributed by atoms with Crippen molar-refractivity contribution in [1.29, 1.82) is 0 Å². The molecule has 0 spiro atoms. The average molecular weight is 472 g/mol. The molecule has 12 heteroatoms. The number of fused-ring (bicyclic) bond motifs is 1. The number of hydrogen-bond acceptors (Lipinski definition) is 9. The lowest BCUT2D eigenvalue weighted by Gasteiger charge is -2.14. The highest BCUT2D eigenvalue weighted by Crippen LogP contribution is 2.39. The van der Waals surface area contributed by atoms with E-state index in [4.69, 9.17) is 30.5 Å². The van der Waals surface area contributed by atoms with Crippen LogP contribution < -0.4 is 19.5 Å². The van der Waals surface area contributed by atoms with E-state index in [9.17, 15) is 0 Å². The number of imidazole rings is 1. The van der Waals surface area contributed by atoms with Crippen molar-refractivity contribution >= 4 is 34.3 Å². The molecule has 1 fully saturated rings. The summed E-state index contributed by atoms with van der Waals surface area (Å²) in [6.07, 6.45) is 6.09. The summed E-state index contributed by atoms with van der Waals surface area (Å²) in [4.78, 5) is 13.2. The lowest BCUT2D eigenvalue weighted by Crippen LogP contribution is -2.11. The van der Waals surface area contributed by atoms with Gasteiger partial charge in [-0.05, 0) is 18.0 Å². The van der Waals surface area contributed by atoms with Gasteiger partial charge in [0.1, 0.15) is 18.0 Å². The molecule has 4 aromatic rings. The average Bonchev–Trinajstić information content (AvgIpc) is 3.58. The Morgan fingerprint density at radius 3 is 2.58 bits per heavy atom. The summed E-state index contributed by atoms with van der Waals surface area (Å²) in [6, 6.07) is 3.79. The van der Waals surface area contributed by atoms with E-state index >= 15 is 0 Å². The number of anilines is 2. The molecule has 1 aliphatic heterocycles. The Balaban J connectivity index is 1.47. The first-order valence-electron chi connectivity index (χ1n) is 10.2. The van der Waals surface area contributed by atoms with Crippen molar-refractivity contribution in [2.45, 2.75) is 12.5 Å². The molecule has 0 saturated carbocycles. The zero-order chi connectivity index (χ0) is 22.9. The molecule has 3 aromatic heterocycles. The van der Waals surface area contributed by atoms with E-state index < -0.39 is 0 Å². The Kier molecular flexibility index (Phi) is 5.65. The predicted octanol–water partition coefficient (Wildman–Crippen LogP) is 3.40. The minimum Gasteiger partial charge on any atom is -0.493 e. The fraction of sp³-hybridized carbons (Fsp3) is 0.333. The number of nitrogens with zero attached hydrogens (tertiary/aromatic N) is 6. The van der Waals surface area contributed by atoms with Crippen LogP contribution in [0.2, 0.25) is 5.28 Å². The van der Waals surface area contributed by atoms with Crippen LogP contribution >= 0.6 is 11.6 Å². The smallest absolute Gasteiger partial charge is 0.226 e. The summed E-state index contributed by atoms with van der Waals surface area (Å²) in [5, 5.41) is 8.58. The monoisotopic (exact) mass is 471 g/mol. The fourth-order valence-electron chi connectivity index (χ4n) is 3.84. The van der Waals surface area contributed by atoms with Crippen molar-refractivity contribution in [1.82, 2.24) is 29.3 Å². The van der Waals surface area contributed by atoms with Crippen molar-refractivity contribution < 1.29 is 18.9 Å². The van der Waals surface area contributed by atoms with Crippen molar-refractivity contribution in [3.63, 3.8) is 0 Å². The third kappa shape index (κ3) is 3.89. The van der Waals surface area contributed by atoms with Crippen molar-refractivity contribution in [2.75, 3.05) is 39.9 Å². The first-order valence-corrected chi connectivity index (χ1v) is 10.6. The van der Waals surface area contributed by atoms with Crippen molar-refractivity contribution in [3.05, 3.63) is 36.1 Å². The third-order valence-electron chi connectivity index (χ3n) is 5.45. The zero-order valence-corrected chi connectivity index (χ0v) is 19.0. The molecule has 0 bridgehead atoms. The molecule has 11 nitrogen and oxygen atoms in total. The molecule has 1 unspecified atom stereocenters. The second-order valence-corrected chi connectivity index (χ2v) is 7.70. The highest BCUT2D eigenvalue weighted by atomic mass is 35.5. The molecule has 172 valence electrons. The van der Waals surface area contributed by atoms with Gasteiger partial charge in [-0.25, -0.2) is 9.67 Å². The summed E-state index contributed by atoms with van der Waals surface area (Å²) in [6.45, 7) is 1.30. The van der Waals surface area contributed by atoms with E-state index in [0.717, 1.165) is 17.5 Å². The summed E-state index contributed by atoms with van der Waals surface area (Å²) in [7, 11) is 4.71. The molecular weight excluding hydrogens is 450 g/mol. The maximum Gasteiger partial charge on any atom is 0.226 e. The van der Waals surface area contributed by atoms with Crippen LogP contribution in [0.4, 0.5) is 11.6 Å². The molecule has 33 heavy (non-hydrogen) atoms. The minimum absolute atomic E-state index is 0.120. The fourth-order valence-corrected chi connectivity index (χ4v) is 4.01. The number of methoxy groups -OCH3 is 3. The molecule has 0 radical (unpaired) electrons. The standard InChI is InChI=1S/C21H22ClN7O4/c1-30-15-6-13(7-16(31-2)18(15)32-3)28-9-17(23-11-28)25-19-14-8-24-29(12-4-5-33-10-12)20(14)27-21(22)26-19/h6-9,11-12H,4-5,10H2,1-3H3,(H,25,26,27). The number of benzene rings is 1. The van der Waals surface area contributed by atoms with Crippen LogP contribution in [0.1, 0.15) is 12.5 Å². The maximum atomic E-state index is 6.22. The number of ether oxygens (including phenoxy) is 4. The van der Waals surface area contributed by atoms with E-state index in [1.807, 2.05) is 27.6 Å². The Hall–Kier alpha value is -3.57. The minimum atomic E-state index is 0.120. The number of aromatic nitrogens is 6. The molecule has 5 rings (SSSR count). The number of halogens is 1. The van der Waals surface area contributed by atoms with Gasteiger partial charge in [-0.1, -0.05) is 0 Å². The van der Waals surface area contributed by atoms with Gasteiger partial charge in [-0.15, -0.1) is 0 Å². The van der Waals surface area contributed by atoms with E-state index in [0.29, 0.717) is 47.7 Å². The van der Waals surface area contributed by atoms with Crippen molar-refractivity contribution in [3.8, 4) is 22.9 Å². The van der Waals surface area contributed by atoms with Gasteiger partial charge in [0.15, 0.2) is 17.1 Å². The van der Waals surface area contributed by atoms with E-state index in [1.54, 1.807) is 33.9 Å². The highest BCUT2D eigenvalue weighted by molar-refractivity contribution is 6.28. The van der Waals surface area contributed by atoms with Crippen LogP contribution in [0.25, 0.3) is 16.7 Å². The van der Waals surface area contributed by atoms with Gasteiger partial charge in [0, 0.05) is 18.7 Å². The first-order chi connectivity index (χ1) is 16.1. The lowest BCUT2D eigenvalue weighted by molar-refractivity contribution is 0.185. The highest BCUT2D eigenvalue weighted by Gasteiger charge is 2.23. The Morgan fingerprint density at radius 1 is 1.12 bits per heavy atom. The Morgan fingerprint density at radius 2 is 1.91 bits per heavy atom. The molecule has 1 aliphatic rings. The van der Waals surface area contributed by atoms with Crippen LogP contribution in [0.5, 0.6) is 17.2 Å². The second-order valence-electron chi connectivity index (χ2n) is 7.36. The Labute approximate surface area is 194 Å². The molecule has 0 aliphatic carbocycles. The topological polar surface area (TPSA) is 110 Å². The van der Waals surface area contributed by atoms with Crippen LogP contribution in [0, 0.1) is 0 Å². The van der Waals surface area contributed by atoms with E-state index in [-0.39, 0.29) is 11.3 Å². The first kappa shape index (κ1) is 21.3. The molecule has 1 N–H and O–H groups in total. The van der Waals surface area contributed by atoms with Crippen LogP contribution in [-0.2, 0) is 4.74 Å². The molecule has 1 saturated heterocycles. The van der Waals surface area contributed by atoms with Crippen LogP contribution in [0.3, 0.4) is 0 Å². The normalized spacial score (nSPS) is 15.7. The van der Waals surface area contributed by atoms with Crippen LogP contribution in [0.15, 0.2) is 30.9 Å². The molecule has 0 amide bonds. The summed E-state index contributed by atoms with van der Waals surface area (Å²) in [5.41, 5.74) is 1.43. The number of hydrogen-bond donors (Lipinski definition) is 1. The van der Waals surface area contributed by atoms with Gasteiger partial charge < -0.3 is 28.8 Å². The van der Waals surface area contributed by atoms with Gasteiger partial charge in [0.2, 0.25) is 11.0 Å².